The van der Waals surface area contributed by atoms with Gasteiger partial charge in [-0.15, -0.1) is 11.3 Å². The predicted octanol–water partition coefficient (Wildman–Crippen LogP) is 2.61. The maximum Gasteiger partial charge on any atom is 0.115 e. The lowest BCUT2D eigenvalue weighted by Gasteiger charge is -2.11. The van der Waals surface area contributed by atoms with Crippen LogP contribution in [0.15, 0.2) is 17.8 Å². The van der Waals surface area contributed by atoms with Crippen molar-refractivity contribution in [3.8, 4) is 0 Å². The normalized spacial score (nSPS) is 12.7. The molecule has 1 atom stereocenters. The van der Waals surface area contributed by atoms with E-state index >= 15 is 0 Å². The van der Waals surface area contributed by atoms with Gasteiger partial charge in [-0.3, -0.25) is 4.68 Å². The van der Waals surface area contributed by atoms with Crippen molar-refractivity contribution in [2.24, 2.45) is 7.05 Å². The molecule has 2 rings (SSSR count). The maximum absolute atomic E-state index is 4.40. The number of hydrogen-bond donors (Lipinski definition) is 1. The van der Waals surface area contributed by atoms with E-state index in [2.05, 4.69) is 29.2 Å². The Morgan fingerprint density at radius 1 is 1.56 bits per heavy atom. The molecule has 0 saturated heterocycles. The molecule has 16 heavy (non-hydrogen) atoms. The fourth-order valence-electron chi connectivity index (χ4n) is 1.66. The molecule has 1 N–H and O–H groups in total. The summed E-state index contributed by atoms with van der Waals surface area (Å²) in [5.41, 5.74) is 2.21. The van der Waals surface area contributed by atoms with Crippen molar-refractivity contribution in [2.45, 2.75) is 26.3 Å². The second-order valence-electron chi connectivity index (χ2n) is 3.75. The Kier molecular flexibility index (Phi) is 3.24. The van der Waals surface area contributed by atoms with Gasteiger partial charge in [-0.05, 0) is 13.3 Å². The van der Waals surface area contributed by atoms with Crippen LogP contribution < -0.4 is 5.32 Å². The third kappa shape index (κ3) is 2.24. The second-order valence-corrected chi connectivity index (χ2v) is 4.68. The van der Waals surface area contributed by atoms with Crippen molar-refractivity contribution in [3.63, 3.8) is 0 Å². The van der Waals surface area contributed by atoms with Gasteiger partial charge in [-0.1, -0.05) is 6.92 Å². The summed E-state index contributed by atoms with van der Waals surface area (Å²) in [7, 11) is 1.94. The molecule has 0 spiro atoms. The predicted molar refractivity (Wildman–Crippen MR) is 66.7 cm³/mol. The second kappa shape index (κ2) is 4.65. The lowest BCUT2D eigenvalue weighted by molar-refractivity contribution is 0.746. The summed E-state index contributed by atoms with van der Waals surface area (Å²) in [6.07, 6.45) is 4.79. The number of nitrogens with zero attached hydrogens (tertiary/aromatic N) is 3. The van der Waals surface area contributed by atoms with Crippen LogP contribution in [0.5, 0.6) is 0 Å². The first kappa shape index (κ1) is 11.1. The highest BCUT2D eigenvalue weighted by Gasteiger charge is 2.11. The van der Waals surface area contributed by atoms with Crippen LogP contribution in [0.3, 0.4) is 0 Å². The Balaban J connectivity index is 2.14. The highest BCUT2D eigenvalue weighted by Crippen LogP contribution is 2.23. The van der Waals surface area contributed by atoms with Crippen molar-refractivity contribution in [1.82, 2.24) is 14.8 Å². The maximum atomic E-state index is 4.40. The molecule has 0 saturated carbocycles. The molecule has 2 heterocycles. The molecule has 0 aliphatic rings. The van der Waals surface area contributed by atoms with Gasteiger partial charge in [0.2, 0.25) is 0 Å². The molecular weight excluding hydrogens is 220 g/mol. The molecule has 4 nitrogen and oxygen atoms in total. The van der Waals surface area contributed by atoms with Crippen molar-refractivity contribution in [1.29, 1.82) is 0 Å². The van der Waals surface area contributed by atoms with Crippen LogP contribution in [-0.4, -0.2) is 14.8 Å². The fraction of sp³-hybridized carbons (Fsp3) is 0.455. The summed E-state index contributed by atoms with van der Waals surface area (Å²) in [5.74, 6) is 0. The Labute approximate surface area is 99.3 Å². The molecule has 0 radical (unpaired) electrons. The molecule has 2 aromatic heterocycles. The minimum atomic E-state index is 0.231. The molecule has 1 unspecified atom stereocenters. The molecule has 0 bridgehead atoms. The number of rotatable bonds is 4. The summed E-state index contributed by atoms with van der Waals surface area (Å²) in [4.78, 5) is 4.30. The molecule has 0 fully saturated rings. The highest BCUT2D eigenvalue weighted by atomic mass is 32.1. The van der Waals surface area contributed by atoms with E-state index in [0.29, 0.717) is 0 Å². The zero-order chi connectivity index (χ0) is 11.5. The van der Waals surface area contributed by atoms with E-state index in [1.807, 2.05) is 29.5 Å². The number of hydrogen-bond acceptors (Lipinski definition) is 4. The Hall–Kier alpha value is -1.36. The Bertz CT molecular complexity index is 447. The lowest BCUT2D eigenvalue weighted by atomic mass is 10.2. The zero-order valence-electron chi connectivity index (χ0n) is 9.77. The van der Waals surface area contributed by atoms with Gasteiger partial charge in [0, 0.05) is 24.8 Å². The molecule has 5 heteroatoms. The third-order valence-corrected chi connectivity index (χ3v) is 3.39. The van der Waals surface area contributed by atoms with E-state index in [4.69, 9.17) is 0 Å². The van der Waals surface area contributed by atoms with Crippen molar-refractivity contribution >= 4 is 17.0 Å². The largest absolute Gasteiger partial charge is 0.373 e. The van der Waals surface area contributed by atoms with Gasteiger partial charge in [0.1, 0.15) is 5.01 Å². The van der Waals surface area contributed by atoms with E-state index in [0.717, 1.165) is 22.8 Å². The Morgan fingerprint density at radius 3 is 3.00 bits per heavy atom. The number of anilines is 1. The molecule has 0 aromatic carbocycles. The van der Waals surface area contributed by atoms with Gasteiger partial charge in [0.15, 0.2) is 0 Å². The summed E-state index contributed by atoms with van der Waals surface area (Å²) in [6, 6.07) is 0.231. The Morgan fingerprint density at radius 2 is 2.38 bits per heavy atom. The average Bonchev–Trinajstić information content (AvgIpc) is 2.87. The van der Waals surface area contributed by atoms with Crippen LogP contribution in [0.4, 0.5) is 5.69 Å². The minimum absolute atomic E-state index is 0.231. The molecule has 0 amide bonds. The van der Waals surface area contributed by atoms with Gasteiger partial charge in [-0.25, -0.2) is 4.98 Å². The quantitative estimate of drug-likeness (QED) is 0.887. The summed E-state index contributed by atoms with van der Waals surface area (Å²) < 4.78 is 1.84. The van der Waals surface area contributed by atoms with Crippen LogP contribution in [0, 0.1) is 0 Å². The topological polar surface area (TPSA) is 42.7 Å². The van der Waals surface area contributed by atoms with Gasteiger partial charge >= 0.3 is 0 Å². The van der Waals surface area contributed by atoms with Crippen LogP contribution in [0.1, 0.15) is 30.6 Å². The molecule has 0 aliphatic carbocycles. The van der Waals surface area contributed by atoms with E-state index in [9.17, 15) is 0 Å². The van der Waals surface area contributed by atoms with Crippen LogP contribution in [0.25, 0.3) is 0 Å². The van der Waals surface area contributed by atoms with Crippen LogP contribution in [0.2, 0.25) is 0 Å². The van der Waals surface area contributed by atoms with Gasteiger partial charge in [0.25, 0.3) is 0 Å². The zero-order valence-corrected chi connectivity index (χ0v) is 10.6. The standard InChI is InChI=1S/C11H16N4S/c1-4-9-10(7-15(3)14-9)13-8(2)11-12-5-6-16-11/h5-8,13H,4H2,1-3H3. The van der Waals surface area contributed by atoms with Crippen molar-refractivity contribution in [3.05, 3.63) is 28.5 Å². The molecule has 86 valence electrons. The lowest BCUT2D eigenvalue weighted by Crippen LogP contribution is -2.06. The van der Waals surface area contributed by atoms with Crippen LogP contribution >= 0.6 is 11.3 Å². The summed E-state index contributed by atoms with van der Waals surface area (Å²) in [6.45, 7) is 4.23. The first-order valence-corrected chi connectivity index (χ1v) is 6.27. The van der Waals surface area contributed by atoms with Gasteiger partial charge in [-0.2, -0.15) is 5.10 Å². The van der Waals surface area contributed by atoms with E-state index in [-0.39, 0.29) is 6.04 Å². The first-order valence-electron chi connectivity index (χ1n) is 5.39. The summed E-state index contributed by atoms with van der Waals surface area (Å²) in [5, 5.41) is 11.0. The highest BCUT2D eigenvalue weighted by molar-refractivity contribution is 7.09. The number of thiazole rings is 1. The monoisotopic (exact) mass is 236 g/mol. The smallest absolute Gasteiger partial charge is 0.115 e. The van der Waals surface area contributed by atoms with Crippen molar-refractivity contribution in [2.75, 3.05) is 5.32 Å². The molecular formula is C11H16N4S. The van der Waals surface area contributed by atoms with Crippen molar-refractivity contribution < 1.29 is 0 Å². The van der Waals surface area contributed by atoms with Gasteiger partial charge < -0.3 is 5.32 Å². The van der Waals surface area contributed by atoms with E-state index in [1.165, 1.54) is 0 Å². The fourth-order valence-corrected chi connectivity index (χ4v) is 2.31. The SMILES string of the molecule is CCc1nn(C)cc1NC(C)c1nccs1. The molecule has 2 aromatic rings. The summed E-state index contributed by atoms with van der Waals surface area (Å²) >= 11 is 1.67. The third-order valence-electron chi connectivity index (χ3n) is 2.43. The van der Waals surface area contributed by atoms with E-state index < -0.39 is 0 Å². The number of nitrogens with one attached hydrogen (secondary N) is 1. The number of aryl methyl sites for hydroxylation is 2. The van der Waals surface area contributed by atoms with Gasteiger partial charge in [0.05, 0.1) is 17.4 Å². The van der Waals surface area contributed by atoms with E-state index in [1.54, 1.807) is 11.3 Å². The number of aromatic nitrogens is 3. The first-order chi connectivity index (χ1) is 7.70. The minimum Gasteiger partial charge on any atom is -0.373 e. The average molecular weight is 236 g/mol. The van der Waals surface area contributed by atoms with Crippen LogP contribution in [-0.2, 0) is 13.5 Å². The molecule has 0 aliphatic heterocycles.